The van der Waals surface area contributed by atoms with Crippen LogP contribution in [0.15, 0.2) is 47.9 Å². The van der Waals surface area contributed by atoms with E-state index in [9.17, 15) is 4.79 Å². The highest BCUT2D eigenvalue weighted by Crippen LogP contribution is 2.30. The van der Waals surface area contributed by atoms with Crippen molar-refractivity contribution in [1.82, 2.24) is 24.7 Å². The average Bonchev–Trinajstić information content (AvgIpc) is 3.59. The van der Waals surface area contributed by atoms with Crippen LogP contribution in [0.1, 0.15) is 19.8 Å². The highest BCUT2D eigenvalue weighted by atomic mass is 32.2. The fraction of sp³-hybridized carbons (Fsp3) is 0.348. The molecule has 11 heteroatoms. The first-order chi connectivity index (χ1) is 16.7. The summed E-state index contributed by atoms with van der Waals surface area (Å²) < 4.78 is 14.4. The third kappa shape index (κ3) is 5.21. The zero-order valence-corrected chi connectivity index (χ0v) is 20.3. The van der Waals surface area contributed by atoms with Crippen LogP contribution in [0.4, 0.5) is 5.13 Å². The number of hydrogen-bond donors (Lipinski definition) is 1. The maximum Gasteiger partial charge on any atom is 0.236 e. The van der Waals surface area contributed by atoms with Gasteiger partial charge in [-0.15, -0.1) is 10.2 Å². The minimum atomic E-state index is -0.147. The molecular weight excluding hydrogens is 472 g/mol. The summed E-state index contributed by atoms with van der Waals surface area (Å²) in [5.41, 5.74) is 1.76. The first-order valence-electron chi connectivity index (χ1n) is 11.1. The van der Waals surface area contributed by atoms with E-state index in [4.69, 9.17) is 9.47 Å². The van der Waals surface area contributed by atoms with E-state index in [2.05, 4.69) is 25.5 Å². The molecule has 3 aromatic heterocycles. The molecule has 0 aliphatic carbocycles. The van der Waals surface area contributed by atoms with Gasteiger partial charge in [-0.3, -0.25) is 14.3 Å². The molecule has 0 spiro atoms. The molecule has 0 saturated carbocycles. The van der Waals surface area contributed by atoms with E-state index >= 15 is 0 Å². The molecule has 1 fully saturated rings. The van der Waals surface area contributed by atoms with Crippen molar-refractivity contribution < 1.29 is 14.3 Å². The predicted molar refractivity (Wildman–Crippen MR) is 132 cm³/mol. The summed E-state index contributed by atoms with van der Waals surface area (Å²) in [5, 5.41) is 12.9. The molecule has 5 rings (SSSR count). The molecule has 0 radical (unpaired) electrons. The molecule has 1 aliphatic rings. The second-order valence-electron chi connectivity index (χ2n) is 7.71. The summed E-state index contributed by atoms with van der Waals surface area (Å²) >= 11 is 2.78. The van der Waals surface area contributed by atoms with Crippen molar-refractivity contribution in [3.63, 3.8) is 0 Å². The van der Waals surface area contributed by atoms with Crippen LogP contribution in [-0.4, -0.2) is 55.7 Å². The van der Waals surface area contributed by atoms with Gasteiger partial charge in [0.1, 0.15) is 5.75 Å². The minimum absolute atomic E-state index is 0.120. The number of thiazole rings is 1. The smallest absolute Gasteiger partial charge is 0.236 e. The molecule has 1 saturated heterocycles. The summed E-state index contributed by atoms with van der Waals surface area (Å²) in [6, 6.07) is 9.53. The van der Waals surface area contributed by atoms with E-state index in [1.807, 2.05) is 41.8 Å². The number of hydrogen-bond acceptors (Lipinski definition) is 9. The van der Waals surface area contributed by atoms with Crippen LogP contribution in [-0.2, 0) is 16.1 Å². The van der Waals surface area contributed by atoms with Gasteiger partial charge >= 0.3 is 0 Å². The Morgan fingerprint density at radius 3 is 2.97 bits per heavy atom. The predicted octanol–water partition coefficient (Wildman–Crippen LogP) is 4.26. The van der Waals surface area contributed by atoms with Crippen molar-refractivity contribution in [2.45, 2.75) is 37.6 Å². The van der Waals surface area contributed by atoms with Gasteiger partial charge in [0.05, 0.1) is 35.2 Å². The van der Waals surface area contributed by atoms with Crippen molar-refractivity contribution in [3.05, 3.63) is 42.7 Å². The third-order valence-electron chi connectivity index (χ3n) is 5.32. The molecule has 176 valence electrons. The van der Waals surface area contributed by atoms with Gasteiger partial charge in [0.25, 0.3) is 0 Å². The van der Waals surface area contributed by atoms with Crippen molar-refractivity contribution >= 4 is 44.4 Å². The Labute approximate surface area is 204 Å². The highest BCUT2D eigenvalue weighted by molar-refractivity contribution is 7.99. The summed E-state index contributed by atoms with van der Waals surface area (Å²) in [5.74, 6) is 1.59. The number of aromatic nitrogens is 5. The number of carbonyl (C=O) groups excluding carboxylic acids is 1. The minimum Gasteiger partial charge on any atom is -0.494 e. The van der Waals surface area contributed by atoms with Crippen LogP contribution in [0.25, 0.3) is 21.6 Å². The number of anilines is 1. The standard InChI is InChI=1S/C23H24N6O3S2/c1-2-31-16-5-6-18-19(12-16)34-22(25-18)26-20(30)14-33-23-28-27-21(15-7-9-24-10-8-15)29(23)13-17-4-3-11-32-17/h5-10,12,17H,2-4,11,13-14H2,1H3,(H,25,26,30)/t17-/m1/s1. The van der Waals surface area contributed by atoms with Crippen LogP contribution in [0.2, 0.25) is 0 Å². The number of nitrogens with one attached hydrogen (secondary N) is 1. The van der Waals surface area contributed by atoms with Gasteiger partial charge in [-0.2, -0.15) is 0 Å². The third-order valence-corrected chi connectivity index (χ3v) is 7.22. The van der Waals surface area contributed by atoms with Crippen LogP contribution >= 0.6 is 23.1 Å². The molecule has 0 bridgehead atoms. The number of ether oxygens (including phenoxy) is 2. The number of thioether (sulfide) groups is 1. The Kier molecular flexibility index (Phi) is 7.02. The number of carbonyl (C=O) groups is 1. The summed E-state index contributed by atoms with van der Waals surface area (Å²) in [6.45, 7) is 3.97. The maximum absolute atomic E-state index is 12.7. The second kappa shape index (κ2) is 10.5. The van der Waals surface area contributed by atoms with E-state index in [-0.39, 0.29) is 17.8 Å². The van der Waals surface area contributed by atoms with E-state index in [0.717, 1.165) is 46.8 Å². The van der Waals surface area contributed by atoms with Crippen molar-refractivity contribution in [2.24, 2.45) is 0 Å². The van der Waals surface area contributed by atoms with E-state index < -0.39 is 0 Å². The average molecular weight is 497 g/mol. The highest BCUT2D eigenvalue weighted by Gasteiger charge is 2.22. The number of nitrogens with zero attached hydrogens (tertiary/aromatic N) is 5. The summed E-state index contributed by atoms with van der Waals surface area (Å²) in [4.78, 5) is 21.3. The molecule has 4 heterocycles. The zero-order valence-electron chi connectivity index (χ0n) is 18.6. The Morgan fingerprint density at radius 2 is 2.18 bits per heavy atom. The lowest BCUT2D eigenvalue weighted by atomic mass is 10.2. The van der Waals surface area contributed by atoms with Gasteiger partial charge in [-0.25, -0.2) is 4.98 Å². The van der Waals surface area contributed by atoms with Crippen LogP contribution in [0.5, 0.6) is 5.75 Å². The molecule has 9 nitrogen and oxygen atoms in total. The van der Waals surface area contributed by atoms with Crippen molar-refractivity contribution in [3.8, 4) is 17.1 Å². The quantitative estimate of drug-likeness (QED) is 0.343. The van der Waals surface area contributed by atoms with Gasteiger partial charge in [-0.1, -0.05) is 23.1 Å². The molecule has 1 aromatic carbocycles. The van der Waals surface area contributed by atoms with Crippen LogP contribution in [0, 0.1) is 0 Å². The number of rotatable bonds is 9. The van der Waals surface area contributed by atoms with Crippen LogP contribution in [0.3, 0.4) is 0 Å². The molecule has 0 unspecified atom stereocenters. The molecule has 1 N–H and O–H groups in total. The second-order valence-corrected chi connectivity index (χ2v) is 9.68. The maximum atomic E-state index is 12.7. The number of pyridine rings is 1. The van der Waals surface area contributed by atoms with E-state index in [1.54, 1.807) is 12.4 Å². The summed E-state index contributed by atoms with van der Waals surface area (Å²) in [6.07, 6.45) is 5.64. The first-order valence-corrected chi connectivity index (χ1v) is 12.9. The monoisotopic (exact) mass is 496 g/mol. The Morgan fingerprint density at radius 1 is 1.29 bits per heavy atom. The molecule has 4 aromatic rings. The van der Waals surface area contributed by atoms with Gasteiger partial charge in [0.15, 0.2) is 16.1 Å². The van der Waals surface area contributed by atoms with Gasteiger partial charge < -0.3 is 14.8 Å². The van der Waals surface area contributed by atoms with Gasteiger partial charge in [-0.05, 0) is 50.1 Å². The lowest BCUT2D eigenvalue weighted by Crippen LogP contribution is -2.18. The molecule has 1 aliphatic heterocycles. The zero-order chi connectivity index (χ0) is 23.3. The fourth-order valence-electron chi connectivity index (χ4n) is 3.77. The summed E-state index contributed by atoms with van der Waals surface area (Å²) in [7, 11) is 0. The fourth-order valence-corrected chi connectivity index (χ4v) is 5.43. The molecular formula is C23H24N6O3S2. The van der Waals surface area contributed by atoms with Crippen molar-refractivity contribution in [1.29, 1.82) is 0 Å². The normalized spacial score (nSPS) is 15.6. The van der Waals surface area contributed by atoms with Gasteiger partial charge in [0, 0.05) is 24.6 Å². The topological polar surface area (TPSA) is 104 Å². The Bertz CT molecular complexity index is 1270. The first kappa shape index (κ1) is 22.8. The Balaban J connectivity index is 1.28. The molecule has 1 amide bonds. The van der Waals surface area contributed by atoms with Gasteiger partial charge in [0.2, 0.25) is 5.91 Å². The Hall–Kier alpha value is -3.02. The molecule has 34 heavy (non-hydrogen) atoms. The number of fused-ring (bicyclic) bond motifs is 1. The lowest BCUT2D eigenvalue weighted by Gasteiger charge is -2.14. The van der Waals surface area contributed by atoms with E-state index in [1.165, 1.54) is 23.1 Å². The molecule has 1 atom stereocenters. The largest absolute Gasteiger partial charge is 0.494 e. The number of benzene rings is 1. The number of amides is 1. The van der Waals surface area contributed by atoms with E-state index in [0.29, 0.717) is 23.4 Å². The van der Waals surface area contributed by atoms with Crippen LogP contribution < -0.4 is 10.1 Å². The van der Waals surface area contributed by atoms with Crippen molar-refractivity contribution in [2.75, 3.05) is 24.3 Å². The lowest BCUT2D eigenvalue weighted by molar-refractivity contribution is -0.113. The SMILES string of the molecule is CCOc1ccc2nc(NC(=O)CSc3nnc(-c4ccncc4)n3C[C@H]3CCCO3)sc2c1.